The van der Waals surface area contributed by atoms with E-state index in [1.54, 1.807) is 13.1 Å². The number of anilines is 1. The Hall–Kier alpha value is -3.26. The molecule has 0 unspecified atom stereocenters. The van der Waals surface area contributed by atoms with Crippen LogP contribution >= 0.6 is 0 Å². The number of hydrogen-bond donors (Lipinski definition) is 2. The summed E-state index contributed by atoms with van der Waals surface area (Å²) in [6, 6.07) is 11.8. The third-order valence-corrected chi connectivity index (χ3v) is 5.58. The van der Waals surface area contributed by atoms with E-state index in [0.29, 0.717) is 5.69 Å². The maximum atomic E-state index is 12.1. The largest absolute Gasteiger partial charge is 0.354 e. The summed E-state index contributed by atoms with van der Waals surface area (Å²) in [4.78, 5) is 31.3. The molecule has 2 aromatic heterocycles. The van der Waals surface area contributed by atoms with Gasteiger partial charge in [-0.1, -0.05) is 19.1 Å². The molecule has 8 heteroatoms. The van der Waals surface area contributed by atoms with Crippen molar-refractivity contribution in [3.8, 4) is 0 Å². The zero-order valence-corrected chi connectivity index (χ0v) is 17.3. The lowest BCUT2D eigenvalue weighted by Crippen LogP contribution is -2.46. The molecule has 1 aromatic carbocycles. The number of amides is 1. The molecule has 1 saturated heterocycles. The third-order valence-electron chi connectivity index (χ3n) is 5.58. The number of carbonyl (C=O) groups excluding carboxylic acids is 1. The number of pyridine rings is 1. The van der Waals surface area contributed by atoms with E-state index in [2.05, 4.69) is 48.5 Å². The van der Waals surface area contributed by atoms with Gasteiger partial charge in [0.05, 0.1) is 0 Å². The summed E-state index contributed by atoms with van der Waals surface area (Å²) in [5, 5.41) is 11.8. The van der Waals surface area contributed by atoms with Crippen molar-refractivity contribution in [3.05, 3.63) is 63.6 Å². The summed E-state index contributed by atoms with van der Waals surface area (Å²) in [6.07, 6.45) is 0.732. The van der Waals surface area contributed by atoms with Gasteiger partial charge in [-0.25, -0.2) is 0 Å². The van der Waals surface area contributed by atoms with Crippen LogP contribution in [0, 0.1) is 0 Å². The average Bonchev–Trinajstić information content (AvgIpc) is 2.78. The number of nitrogens with zero attached hydrogens (tertiary/aromatic N) is 4. The molecule has 0 spiro atoms. The van der Waals surface area contributed by atoms with Crippen molar-refractivity contribution >= 4 is 22.6 Å². The summed E-state index contributed by atoms with van der Waals surface area (Å²) in [5.74, 6) is 0.554. The van der Waals surface area contributed by atoms with Crippen molar-refractivity contribution in [2.45, 2.75) is 19.9 Å². The van der Waals surface area contributed by atoms with Gasteiger partial charge in [0, 0.05) is 50.9 Å². The van der Waals surface area contributed by atoms with Gasteiger partial charge in [0.15, 0.2) is 11.5 Å². The van der Waals surface area contributed by atoms with Crippen LogP contribution in [0.2, 0.25) is 0 Å². The molecule has 1 amide bonds. The second-order valence-corrected chi connectivity index (χ2v) is 7.52. The number of H-pyrrole nitrogens is 1. The van der Waals surface area contributed by atoms with Crippen molar-refractivity contribution in [1.82, 2.24) is 25.4 Å². The maximum absolute atomic E-state index is 12.1. The van der Waals surface area contributed by atoms with Crippen LogP contribution in [0.4, 0.5) is 5.82 Å². The van der Waals surface area contributed by atoms with Crippen molar-refractivity contribution in [2.75, 3.05) is 38.1 Å². The van der Waals surface area contributed by atoms with E-state index in [0.717, 1.165) is 61.4 Å². The fourth-order valence-corrected chi connectivity index (χ4v) is 3.79. The monoisotopic (exact) mass is 406 g/mol. The van der Waals surface area contributed by atoms with Crippen LogP contribution < -0.4 is 15.8 Å². The minimum atomic E-state index is -0.235. The Labute approximate surface area is 174 Å². The first-order valence-electron chi connectivity index (χ1n) is 10.3. The Kier molecular flexibility index (Phi) is 5.76. The lowest BCUT2D eigenvalue weighted by molar-refractivity contribution is 0.0957. The summed E-state index contributed by atoms with van der Waals surface area (Å²) >= 11 is 0. The molecular formula is C22H26N6O2. The fourth-order valence-electron chi connectivity index (χ4n) is 3.79. The van der Waals surface area contributed by atoms with E-state index >= 15 is 0 Å². The Morgan fingerprint density at radius 1 is 1.10 bits per heavy atom. The van der Waals surface area contributed by atoms with E-state index in [1.807, 2.05) is 19.1 Å². The van der Waals surface area contributed by atoms with Gasteiger partial charge in [-0.05, 0) is 41.6 Å². The minimum absolute atomic E-state index is 0.000639. The highest BCUT2D eigenvalue weighted by Crippen LogP contribution is 2.18. The van der Waals surface area contributed by atoms with Gasteiger partial charge in [-0.15, -0.1) is 10.2 Å². The predicted octanol–water partition coefficient (Wildman–Crippen LogP) is 1.56. The van der Waals surface area contributed by atoms with Crippen LogP contribution in [-0.4, -0.2) is 59.2 Å². The standard InChI is InChI=1S/C22H26N6O2/c1-3-16-13-17-5-4-15(12-19(17)24-21(16)29)14-27-8-10-28(11-9-27)20-7-6-18(25-26-20)22(30)23-2/h4-7,12-13H,3,8-11,14H2,1-2H3,(H,23,30)(H,24,29). The zero-order chi connectivity index (χ0) is 21.1. The molecule has 0 aliphatic carbocycles. The third kappa shape index (κ3) is 4.18. The molecule has 0 bridgehead atoms. The number of benzene rings is 1. The fraction of sp³-hybridized carbons (Fsp3) is 0.364. The second-order valence-electron chi connectivity index (χ2n) is 7.52. The molecule has 30 heavy (non-hydrogen) atoms. The number of rotatable bonds is 5. The number of nitrogens with one attached hydrogen (secondary N) is 2. The Bertz CT molecular complexity index is 1100. The van der Waals surface area contributed by atoms with Crippen molar-refractivity contribution in [2.24, 2.45) is 0 Å². The summed E-state index contributed by atoms with van der Waals surface area (Å²) in [5.41, 5.74) is 3.21. The van der Waals surface area contributed by atoms with Gasteiger partial charge < -0.3 is 15.2 Å². The van der Waals surface area contributed by atoms with Crippen LogP contribution in [0.25, 0.3) is 10.9 Å². The number of aromatic nitrogens is 3. The van der Waals surface area contributed by atoms with Gasteiger partial charge in [0.1, 0.15) is 0 Å². The number of fused-ring (bicyclic) bond motifs is 1. The molecular weight excluding hydrogens is 380 g/mol. The van der Waals surface area contributed by atoms with Crippen LogP contribution in [0.5, 0.6) is 0 Å². The Morgan fingerprint density at radius 3 is 2.57 bits per heavy atom. The van der Waals surface area contributed by atoms with E-state index in [1.165, 1.54) is 5.56 Å². The van der Waals surface area contributed by atoms with E-state index in [9.17, 15) is 9.59 Å². The Balaban J connectivity index is 1.38. The molecule has 2 N–H and O–H groups in total. The van der Waals surface area contributed by atoms with E-state index in [-0.39, 0.29) is 11.5 Å². The van der Waals surface area contributed by atoms with E-state index in [4.69, 9.17) is 0 Å². The molecule has 8 nitrogen and oxygen atoms in total. The lowest BCUT2D eigenvalue weighted by atomic mass is 10.1. The molecule has 1 aliphatic rings. The minimum Gasteiger partial charge on any atom is -0.354 e. The second kappa shape index (κ2) is 8.62. The summed E-state index contributed by atoms with van der Waals surface area (Å²) in [6.45, 7) is 6.33. The highest BCUT2D eigenvalue weighted by molar-refractivity contribution is 5.91. The normalized spacial score (nSPS) is 14.8. The predicted molar refractivity (Wildman–Crippen MR) is 117 cm³/mol. The number of aromatic amines is 1. The van der Waals surface area contributed by atoms with Gasteiger partial charge in [0.25, 0.3) is 11.5 Å². The first-order chi connectivity index (χ1) is 14.6. The van der Waals surface area contributed by atoms with Gasteiger partial charge >= 0.3 is 0 Å². The van der Waals surface area contributed by atoms with Gasteiger partial charge in [-0.2, -0.15) is 0 Å². The maximum Gasteiger partial charge on any atom is 0.271 e. The molecule has 4 rings (SSSR count). The SMILES string of the molecule is CCc1cc2ccc(CN3CCN(c4ccc(C(=O)NC)nn4)CC3)cc2[nH]c1=O. The van der Waals surface area contributed by atoms with Crippen molar-refractivity contribution < 1.29 is 4.79 Å². The van der Waals surface area contributed by atoms with Crippen LogP contribution in [-0.2, 0) is 13.0 Å². The number of carbonyl (C=O) groups is 1. The average molecular weight is 406 g/mol. The molecule has 1 fully saturated rings. The smallest absolute Gasteiger partial charge is 0.271 e. The molecule has 156 valence electrons. The number of aryl methyl sites for hydroxylation is 1. The molecule has 0 radical (unpaired) electrons. The summed E-state index contributed by atoms with van der Waals surface area (Å²) < 4.78 is 0. The van der Waals surface area contributed by atoms with E-state index < -0.39 is 0 Å². The van der Waals surface area contributed by atoms with Crippen molar-refractivity contribution in [1.29, 1.82) is 0 Å². The number of piperazine rings is 1. The first kappa shape index (κ1) is 20.0. The number of hydrogen-bond acceptors (Lipinski definition) is 6. The summed E-state index contributed by atoms with van der Waals surface area (Å²) in [7, 11) is 1.58. The molecule has 3 heterocycles. The Morgan fingerprint density at radius 2 is 1.90 bits per heavy atom. The van der Waals surface area contributed by atoms with Crippen LogP contribution in [0.1, 0.15) is 28.5 Å². The molecule has 0 saturated carbocycles. The highest BCUT2D eigenvalue weighted by Gasteiger charge is 2.19. The molecule has 0 atom stereocenters. The van der Waals surface area contributed by atoms with Crippen LogP contribution in [0.15, 0.2) is 41.2 Å². The van der Waals surface area contributed by atoms with Gasteiger partial charge in [-0.3, -0.25) is 14.5 Å². The van der Waals surface area contributed by atoms with Crippen molar-refractivity contribution in [3.63, 3.8) is 0 Å². The quantitative estimate of drug-likeness (QED) is 0.668. The molecule has 3 aromatic rings. The van der Waals surface area contributed by atoms with Crippen LogP contribution in [0.3, 0.4) is 0 Å². The first-order valence-corrected chi connectivity index (χ1v) is 10.3. The zero-order valence-electron chi connectivity index (χ0n) is 17.3. The lowest BCUT2D eigenvalue weighted by Gasteiger charge is -2.35. The topological polar surface area (TPSA) is 94.2 Å². The van der Waals surface area contributed by atoms with Gasteiger partial charge in [0.2, 0.25) is 0 Å². The molecule has 1 aliphatic heterocycles. The highest BCUT2D eigenvalue weighted by atomic mass is 16.1.